The highest BCUT2D eigenvalue weighted by Gasteiger charge is 2.18. The third-order valence-corrected chi connectivity index (χ3v) is 3.55. The van der Waals surface area contributed by atoms with Crippen LogP contribution in [0.3, 0.4) is 0 Å². The minimum absolute atomic E-state index is 0.541. The van der Waals surface area contributed by atoms with Gasteiger partial charge in [0.1, 0.15) is 5.75 Å². The number of ether oxygens (including phenoxy) is 1. The summed E-state index contributed by atoms with van der Waals surface area (Å²) in [6.45, 7) is 3.39. The molecule has 0 spiro atoms. The predicted octanol–water partition coefficient (Wildman–Crippen LogP) is 2.52. The van der Waals surface area contributed by atoms with Crippen LogP contribution in [-0.2, 0) is 13.0 Å². The molecular formula is C13H14BrN3O. The van der Waals surface area contributed by atoms with E-state index in [2.05, 4.69) is 33.0 Å². The molecule has 2 heterocycles. The summed E-state index contributed by atoms with van der Waals surface area (Å²) < 4.78 is 8.73. The summed E-state index contributed by atoms with van der Waals surface area (Å²) in [6, 6.07) is 4.20. The van der Waals surface area contributed by atoms with Crippen LogP contribution in [-0.4, -0.2) is 16.2 Å². The van der Waals surface area contributed by atoms with Crippen LogP contribution in [0.2, 0.25) is 0 Å². The molecule has 0 fully saturated rings. The number of aromatic nitrogens is 2. The smallest absolute Gasteiger partial charge is 0.200 e. The Balaban J connectivity index is 2.00. The molecule has 1 aromatic carbocycles. The highest BCUT2D eigenvalue weighted by Crippen LogP contribution is 2.33. The summed E-state index contributed by atoms with van der Waals surface area (Å²) in [5.41, 5.74) is 9.20. The lowest BCUT2D eigenvalue weighted by Crippen LogP contribution is -2.05. The molecule has 3 rings (SSSR count). The lowest BCUT2D eigenvalue weighted by molar-refractivity contribution is 0.352. The van der Waals surface area contributed by atoms with Gasteiger partial charge in [-0.25, -0.2) is 4.98 Å². The van der Waals surface area contributed by atoms with Crippen molar-refractivity contribution in [2.75, 3.05) is 12.3 Å². The van der Waals surface area contributed by atoms with Gasteiger partial charge in [-0.05, 0) is 24.6 Å². The Morgan fingerprint density at radius 1 is 1.50 bits per heavy atom. The van der Waals surface area contributed by atoms with Crippen molar-refractivity contribution in [2.24, 2.45) is 0 Å². The number of hydrogen-bond acceptors (Lipinski definition) is 3. The van der Waals surface area contributed by atoms with Crippen molar-refractivity contribution in [3.8, 4) is 5.75 Å². The SMILES string of the molecule is Cc1cn(Cc2cc(Br)cc3c2OCC3)c(N)n1. The van der Waals surface area contributed by atoms with E-state index in [4.69, 9.17) is 10.5 Å². The molecule has 0 saturated carbocycles. The normalized spacial score (nSPS) is 13.4. The number of rotatable bonds is 2. The molecule has 0 bridgehead atoms. The maximum absolute atomic E-state index is 5.87. The Morgan fingerprint density at radius 3 is 3.06 bits per heavy atom. The summed E-state index contributed by atoms with van der Waals surface area (Å²) in [6.07, 6.45) is 2.93. The van der Waals surface area contributed by atoms with E-state index in [0.29, 0.717) is 12.5 Å². The molecule has 94 valence electrons. The van der Waals surface area contributed by atoms with Gasteiger partial charge in [-0.15, -0.1) is 0 Å². The number of anilines is 1. The number of halogens is 1. The van der Waals surface area contributed by atoms with E-state index in [-0.39, 0.29) is 0 Å². The summed E-state index contributed by atoms with van der Waals surface area (Å²) in [5, 5.41) is 0. The quantitative estimate of drug-likeness (QED) is 0.927. The van der Waals surface area contributed by atoms with Crippen molar-refractivity contribution < 1.29 is 4.74 Å². The van der Waals surface area contributed by atoms with Crippen LogP contribution in [0.4, 0.5) is 5.95 Å². The molecule has 2 N–H and O–H groups in total. The standard InChI is InChI=1S/C13H14BrN3O/c1-8-6-17(13(15)16-8)7-10-5-11(14)4-9-2-3-18-12(9)10/h4-6H,2-3,7H2,1H3,(H2,15,16). The summed E-state index contributed by atoms with van der Waals surface area (Å²) in [7, 11) is 0. The van der Waals surface area contributed by atoms with Gasteiger partial charge in [-0.2, -0.15) is 0 Å². The second-order valence-electron chi connectivity index (χ2n) is 4.52. The van der Waals surface area contributed by atoms with E-state index in [1.165, 1.54) is 5.56 Å². The first-order valence-corrected chi connectivity index (χ1v) is 6.66. The molecule has 4 nitrogen and oxygen atoms in total. The Hall–Kier alpha value is -1.49. The van der Waals surface area contributed by atoms with Gasteiger partial charge in [0.15, 0.2) is 0 Å². The van der Waals surface area contributed by atoms with Gasteiger partial charge in [-0.3, -0.25) is 0 Å². The summed E-state index contributed by atoms with van der Waals surface area (Å²) in [4.78, 5) is 4.21. The molecule has 0 amide bonds. The zero-order chi connectivity index (χ0) is 12.7. The van der Waals surface area contributed by atoms with Gasteiger partial charge in [0.05, 0.1) is 18.8 Å². The van der Waals surface area contributed by atoms with Crippen molar-refractivity contribution in [1.29, 1.82) is 0 Å². The predicted molar refractivity (Wildman–Crippen MR) is 73.8 cm³/mol. The molecular weight excluding hydrogens is 294 g/mol. The molecule has 0 unspecified atom stereocenters. The molecule has 0 aliphatic carbocycles. The largest absolute Gasteiger partial charge is 0.493 e. The first-order valence-electron chi connectivity index (χ1n) is 5.87. The lowest BCUT2D eigenvalue weighted by atomic mass is 10.1. The Kier molecular flexibility index (Phi) is 2.78. The molecule has 1 aromatic heterocycles. The molecule has 0 atom stereocenters. The average molecular weight is 308 g/mol. The maximum atomic E-state index is 5.87. The van der Waals surface area contributed by atoms with Crippen LogP contribution in [0.5, 0.6) is 5.75 Å². The fourth-order valence-corrected chi connectivity index (χ4v) is 2.89. The lowest BCUT2D eigenvalue weighted by Gasteiger charge is -2.10. The van der Waals surface area contributed by atoms with E-state index in [1.807, 2.05) is 17.7 Å². The third-order valence-electron chi connectivity index (χ3n) is 3.09. The number of nitrogen functional groups attached to an aromatic ring is 1. The van der Waals surface area contributed by atoms with Crippen molar-refractivity contribution in [3.63, 3.8) is 0 Å². The number of aryl methyl sites for hydroxylation is 1. The number of nitrogens with two attached hydrogens (primary N) is 1. The first-order chi connectivity index (χ1) is 8.63. The van der Waals surface area contributed by atoms with Crippen molar-refractivity contribution >= 4 is 21.9 Å². The van der Waals surface area contributed by atoms with Gasteiger partial charge in [0.25, 0.3) is 0 Å². The van der Waals surface area contributed by atoms with Gasteiger partial charge >= 0.3 is 0 Å². The molecule has 1 aliphatic heterocycles. The van der Waals surface area contributed by atoms with Gasteiger partial charge in [-0.1, -0.05) is 15.9 Å². The Morgan fingerprint density at radius 2 is 2.33 bits per heavy atom. The highest BCUT2D eigenvalue weighted by molar-refractivity contribution is 9.10. The molecule has 5 heteroatoms. The third kappa shape index (κ3) is 1.99. The first kappa shape index (κ1) is 11.6. The van der Waals surface area contributed by atoms with Gasteiger partial charge in [0.2, 0.25) is 5.95 Å². The monoisotopic (exact) mass is 307 g/mol. The zero-order valence-corrected chi connectivity index (χ0v) is 11.7. The van der Waals surface area contributed by atoms with Crippen LogP contribution < -0.4 is 10.5 Å². The van der Waals surface area contributed by atoms with Crippen LogP contribution in [0.1, 0.15) is 16.8 Å². The number of hydrogen-bond donors (Lipinski definition) is 1. The highest BCUT2D eigenvalue weighted by atomic mass is 79.9. The van der Waals surface area contributed by atoms with Crippen LogP contribution >= 0.6 is 15.9 Å². The Bertz CT molecular complexity index is 607. The Labute approximate surface area is 114 Å². The van der Waals surface area contributed by atoms with Crippen LogP contribution in [0, 0.1) is 6.92 Å². The molecule has 2 aromatic rings. The van der Waals surface area contributed by atoms with E-state index < -0.39 is 0 Å². The summed E-state index contributed by atoms with van der Waals surface area (Å²) >= 11 is 3.54. The van der Waals surface area contributed by atoms with Crippen molar-refractivity contribution in [3.05, 3.63) is 39.6 Å². The molecule has 1 aliphatic rings. The van der Waals surface area contributed by atoms with Crippen LogP contribution in [0.25, 0.3) is 0 Å². The summed E-state index contributed by atoms with van der Waals surface area (Å²) in [5.74, 6) is 1.54. The van der Waals surface area contributed by atoms with Crippen LogP contribution in [0.15, 0.2) is 22.8 Å². The van der Waals surface area contributed by atoms with Crippen molar-refractivity contribution in [2.45, 2.75) is 19.9 Å². The minimum Gasteiger partial charge on any atom is -0.493 e. The average Bonchev–Trinajstić information content (AvgIpc) is 2.86. The van der Waals surface area contributed by atoms with E-state index in [9.17, 15) is 0 Å². The molecule has 0 saturated heterocycles. The second-order valence-corrected chi connectivity index (χ2v) is 5.44. The van der Waals surface area contributed by atoms with E-state index in [1.54, 1.807) is 0 Å². The number of fused-ring (bicyclic) bond motifs is 1. The fraction of sp³-hybridized carbons (Fsp3) is 0.308. The van der Waals surface area contributed by atoms with E-state index >= 15 is 0 Å². The maximum Gasteiger partial charge on any atom is 0.200 e. The molecule has 18 heavy (non-hydrogen) atoms. The minimum atomic E-state index is 0.541. The zero-order valence-electron chi connectivity index (χ0n) is 10.1. The van der Waals surface area contributed by atoms with Crippen molar-refractivity contribution in [1.82, 2.24) is 9.55 Å². The second kappa shape index (κ2) is 4.31. The van der Waals surface area contributed by atoms with Gasteiger partial charge in [0, 0.05) is 22.7 Å². The number of benzene rings is 1. The fourth-order valence-electron chi connectivity index (χ4n) is 2.34. The number of nitrogens with zero attached hydrogens (tertiary/aromatic N) is 2. The number of imidazole rings is 1. The van der Waals surface area contributed by atoms with Gasteiger partial charge < -0.3 is 15.0 Å². The van der Waals surface area contributed by atoms with E-state index in [0.717, 1.165) is 34.5 Å². The molecule has 0 radical (unpaired) electrons. The topological polar surface area (TPSA) is 53.1 Å².